The average molecular weight is 448 g/mol. The fourth-order valence-electron chi connectivity index (χ4n) is 2.46. The predicted molar refractivity (Wildman–Crippen MR) is 113 cm³/mol. The number of carbonyl (C=O) groups is 4. The Labute approximate surface area is 182 Å². The molecule has 0 bridgehead atoms. The molecular weight excluding hydrogens is 427 g/mol. The number of hydrogen-bond donors (Lipinski definition) is 3. The number of carboxylic acids is 1. The molecule has 0 spiro atoms. The maximum absolute atomic E-state index is 12.9. The van der Waals surface area contributed by atoms with Gasteiger partial charge in [-0.3, -0.25) is 9.59 Å². The zero-order chi connectivity index (χ0) is 22.8. The molecule has 2 aromatic rings. The fourth-order valence-corrected chi connectivity index (χ4v) is 2.79. The molecular formula is C21H21FN2O6S. The van der Waals surface area contributed by atoms with E-state index in [-0.39, 0.29) is 36.3 Å². The van der Waals surface area contributed by atoms with Crippen LogP contribution in [0.2, 0.25) is 0 Å². The van der Waals surface area contributed by atoms with E-state index in [0.29, 0.717) is 16.8 Å². The van der Waals surface area contributed by atoms with Crippen LogP contribution in [-0.2, 0) is 32.1 Å². The maximum atomic E-state index is 12.9. The number of amides is 2. The van der Waals surface area contributed by atoms with Crippen LogP contribution in [0.1, 0.15) is 17.5 Å². The largest absolute Gasteiger partial charge is 0.480 e. The van der Waals surface area contributed by atoms with Crippen LogP contribution < -0.4 is 10.6 Å². The van der Waals surface area contributed by atoms with Crippen molar-refractivity contribution < 1.29 is 33.4 Å². The number of rotatable bonds is 9. The van der Waals surface area contributed by atoms with Crippen LogP contribution >= 0.6 is 11.8 Å². The van der Waals surface area contributed by atoms with Gasteiger partial charge in [0.15, 0.2) is 5.12 Å². The molecule has 3 N–H and O–H groups in total. The first-order valence-electron chi connectivity index (χ1n) is 9.13. The van der Waals surface area contributed by atoms with Gasteiger partial charge in [-0.05, 0) is 41.6 Å². The lowest BCUT2D eigenvalue weighted by atomic mass is 10.1. The topological polar surface area (TPSA) is 122 Å². The zero-order valence-corrected chi connectivity index (χ0v) is 17.4. The Morgan fingerprint density at radius 1 is 1.03 bits per heavy atom. The van der Waals surface area contributed by atoms with Gasteiger partial charge in [-0.2, -0.15) is 0 Å². The molecule has 0 fully saturated rings. The number of alkyl carbamates (subject to hydrolysis) is 1. The summed E-state index contributed by atoms with van der Waals surface area (Å²) in [5.41, 5.74) is 1.81. The maximum Gasteiger partial charge on any atom is 0.408 e. The highest BCUT2D eigenvalue weighted by Crippen LogP contribution is 2.12. The first-order chi connectivity index (χ1) is 14.8. The molecule has 10 heteroatoms. The molecule has 0 heterocycles. The number of benzene rings is 2. The molecule has 0 aromatic heterocycles. The summed E-state index contributed by atoms with van der Waals surface area (Å²) in [5.74, 6) is -1.97. The molecule has 2 amide bonds. The standard InChI is InChI=1S/C21H21FN2O6S/c1-31-19(26)11-17(20(27)28)24-21(29)30-12-14-4-8-16(9-5-14)23-18(25)10-13-2-6-15(22)7-3-13/h2-9,17H,10-12H2,1H3,(H,23,25)(H,24,29)(H,27,28). The van der Waals surface area contributed by atoms with Crippen molar-refractivity contribution in [3.63, 3.8) is 0 Å². The van der Waals surface area contributed by atoms with Gasteiger partial charge >= 0.3 is 12.1 Å². The summed E-state index contributed by atoms with van der Waals surface area (Å²) in [6.45, 7) is -0.127. The van der Waals surface area contributed by atoms with Crippen molar-refractivity contribution in [2.75, 3.05) is 11.6 Å². The molecule has 8 nitrogen and oxygen atoms in total. The Balaban J connectivity index is 1.81. The summed E-state index contributed by atoms with van der Waals surface area (Å²) >= 11 is 0.875. The SMILES string of the molecule is CSC(=O)CC(NC(=O)OCc1ccc(NC(=O)Cc2ccc(F)cc2)cc1)C(=O)O. The van der Waals surface area contributed by atoms with Crippen molar-refractivity contribution in [2.45, 2.75) is 25.5 Å². The molecule has 1 unspecified atom stereocenters. The number of nitrogens with one attached hydrogen (secondary N) is 2. The lowest BCUT2D eigenvalue weighted by Gasteiger charge is -2.13. The first kappa shape index (κ1) is 23.9. The molecule has 0 radical (unpaired) electrons. The molecule has 1 atom stereocenters. The third-order valence-electron chi connectivity index (χ3n) is 4.07. The summed E-state index contributed by atoms with van der Waals surface area (Å²) in [4.78, 5) is 46.4. The van der Waals surface area contributed by atoms with Crippen LogP contribution in [0.4, 0.5) is 14.9 Å². The van der Waals surface area contributed by atoms with Crippen molar-refractivity contribution in [3.05, 3.63) is 65.5 Å². The zero-order valence-electron chi connectivity index (χ0n) is 16.6. The Bertz CT molecular complexity index is 934. The van der Waals surface area contributed by atoms with E-state index in [9.17, 15) is 23.6 Å². The van der Waals surface area contributed by atoms with Gasteiger partial charge in [0.05, 0.1) is 6.42 Å². The molecule has 0 saturated carbocycles. The molecule has 2 rings (SSSR count). The molecule has 0 saturated heterocycles. The third-order valence-corrected chi connectivity index (χ3v) is 4.70. The van der Waals surface area contributed by atoms with E-state index < -0.39 is 18.1 Å². The minimum atomic E-state index is -1.37. The van der Waals surface area contributed by atoms with Crippen LogP contribution in [-0.4, -0.2) is 40.5 Å². The first-order valence-corrected chi connectivity index (χ1v) is 10.4. The van der Waals surface area contributed by atoms with E-state index in [2.05, 4.69) is 10.6 Å². The molecule has 0 aliphatic rings. The van der Waals surface area contributed by atoms with Crippen molar-refractivity contribution in [1.82, 2.24) is 5.32 Å². The number of halogens is 1. The molecule has 0 aliphatic carbocycles. The van der Waals surface area contributed by atoms with Gasteiger partial charge in [0.1, 0.15) is 18.5 Å². The summed E-state index contributed by atoms with van der Waals surface area (Å²) < 4.78 is 17.9. The Morgan fingerprint density at radius 3 is 2.23 bits per heavy atom. The monoisotopic (exact) mass is 448 g/mol. The average Bonchev–Trinajstić information content (AvgIpc) is 2.74. The molecule has 164 valence electrons. The van der Waals surface area contributed by atoms with E-state index in [0.717, 1.165) is 11.8 Å². The minimum Gasteiger partial charge on any atom is -0.480 e. The Hall–Kier alpha value is -3.40. The summed E-state index contributed by atoms with van der Waals surface area (Å²) in [6, 6.07) is 10.8. The summed E-state index contributed by atoms with van der Waals surface area (Å²) in [5, 5.41) is 13.6. The van der Waals surface area contributed by atoms with Gasteiger partial charge in [0.25, 0.3) is 0 Å². The van der Waals surface area contributed by atoms with Gasteiger partial charge in [-0.25, -0.2) is 14.0 Å². The van der Waals surface area contributed by atoms with Crippen LogP contribution in [0.15, 0.2) is 48.5 Å². The number of carboxylic acid groups (broad SMARTS) is 1. The van der Waals surface area contributed by atoms with Gasteiger partial charge in [0.2, 0.25) is 5.91 Å². The van der Waals surface area contributed by atoms with Crippen molar-refractivity contribution >= 4 is 40.5 Å². The molecule has 2 aromatic carbocycles. The van der Waals surface area contributed by atoms with E-state index in [1.54, 1.807) is 24.3 Å². The van der Waals surface area contributed by atoms with E-state index in [4.69, 9.17) is 9.84 Å². The van der Waals surface area contributed by atoms with Crippen LogP contribution in [0.3, 0.4) is 0 Å². The second-order valence-electron chi connectivity index (χ2n) is 6.44. The summed E-state index contributed by atoms with van der Waals surface area (Å²) in [7, 11) is 0. The minimum absolute atomic E-state index is 0.0924. The van der Waals surface area contributed by atoms with Gasteiger partial charge in [-0.1, -0.05) is 36.0 Å². The number of hydrogen-bond acceptors (Lipinski definition) is 6. The molecule has 0 aliphatic heterocycles. The van der Waals surface area contributed by atoms with Crippen LogP contribution in [0.25, 0.3) is 0 Å². The predicted octanol–water partition coefficient (Wildman–Crippen LogP) is 2.97. The smallest absolute Gasteiger partial charge is 0.408 e. The van der Waals surface area contributed by atoms with Crippen molar-refractivity contribution in [2.24, 2.45) is 0 Å². The highest BCUT2D eigenvalue weighted by Gasteiger charge is 2.23. The second-order valence-corrected chi connectivity index (χ2v) is 7.30. The van der Waals surface area contributed by atoms with E-state index >= 15 is 0 Å². The van der Waals surface area contributed by atoms with E-state index in [1.807, 2.05) is 0 Å². The second kappa shape index (κ2) is 11.7. The Morgan fingerprint density at radius 2 is 1.65 bits per heavy atom. The van der Waals surface area contributed by atoms with E-state index in [1.165, 1.54) is 30.5 Å². The van der Waals surface area contributed by atoms with Crippen LogP contribution in [0, 0.1) is 5.82 Å². The van der Waals surface area contributed by atoms with Crippen molar-refractivity contribution in [3.8, 4) is 0 Å². The van der Waals surface area contributed by atoms with Gasteiger partial charge in [0, 0.05) is 12.1 Å². The number of carbonyl (C=O) groups excluding carboxylic acids is 3. The van der Waals surface area contributed by atoms with Crippen molar-refractivity contribution in [1.29, 1.82) is 0 Å². The van der Waals surface area contributed by atoms with Gasteiger partial charge in [-0.15, -0.1) is 0 Å². The quantitative estimate of drug-likeness (QED) is 0.539. The normalized spacial score (nSPS) is 11.3. The summed E-state index contributed by atoms with van der Waals surface area (Å²) in [6.07, 6.45) is 0.305. The number of thioether (sulfide) groups is 1. The number of anilines is 1. The lowest BCUT2D eigenvalue weighted by Crippen LogP contribution is -2.42. The fraction of sp³-hybridized carbons (Fsp3) is 0.238. The number of aliphatic carboxylic acids is 1. The van der Waals surface area contributed by atoms with Gasteiger partial charge < -0.3 is 20.5 Å². The highest BCUT2D eigenvalue weighted by atomic mass is 32.2. The van der Waals surface area contributed by atoms with Crippen LogP contribution in [0.5, 0.6) is 0 Å². The third kappa shape index (κ3) is 8.47. The highest BCUT2D eigenvalue weighted by molar-refractivity contribution is 8.13. The lowest BCUT2D eigenvalue weighted by molar-refractivity contribution is -0.140. The number of ether oxygens (including phenoxy) is 1. The Kier molecular flexibility index (Phi) is 9.01. The molecule has 31 heavy (non-hydrogen) atoms.